The second kappa shape index (κ2) is 7.79. The molecule has 0 atom stereocenters. The van der Waals surface area contributed by atoms with Crippen molar-refractivity contribution in [3.63, 3.8) is 0 Å². The number of imidazole rings is 1. The molecule has 1 aromatic carbocycles. The molecular formula is C18H21ClN6O2. The molecule has 0 aliphatic heterocycles. The summed E-state index contributed by atoms with van der Waals surface area (Å²) in [5.74, 6) is 0.849. The van der Waals surface area contributed by atoms with Gasteiger partial charge < -0.3 is 4.57 Å². The van der Waals surface area contributed by atoms with E-state index in [1.54, 1.807) is 30.0 Å². The number of aromatic amines is 1. The van der Waals surface area contributed by atoms with Crippen LogP contribution in [-0.2, 0) is 13.6 Å². The molecule has 0 fully saturated rings. The van der Waals surface area contributed by atoms with Gasteiger partial charge in [0.15, 0.2) is 11.2 Å². The summed E-state index contributed by atoms with van der Waals surface area (Å²) in [4.78, 5) is 31.0. The highest BCUT2D eigenvalue weighted by Crippen LogP contribution is 2.17. The third-order valence-corrected chi connectivity index (χ3v) is 4.44. The molecule has 0 aliphatic rings. The molecule has 3 aromatic rings. The third kappa shape index (κ3) is 4.11. The van der Waals surface area contributed by atoms with E-state index in [0.29, 0.717) is 34.6 Å². The van der Waals surface area contributed by atoms with Gasteiger partial charge in [-0.2, -0.15) is 10.1 Å². The van der Waals surface area contributed by atoms with E-state index in [-0.39, 0.29) is 0 Å². The Morgan fingerprint density at radius 2 is 2.00 bits per heavy atom. The first-order valence-corrected chi connectivity index (χ1v) is 8.99. The summed E-state index contributed by atoms with van der Waals surface area (Å²) < 4.78 is 3.07. The zero-order valence-corrected chi connectivity index (χ0v) is 16.1. The van der Waals surface area contributed by atoms with Crippen molar-refractivity contribution in [1.29, 1.82) is 0 Å². The summed E-state index contributed by atoms with van der Waals surface area (Å²) >= 11 is 5.88. The van der Waals surface area contributed by atoms with Crippen molar-refractivity contribution >= 4 is 34.9 Å². The van der Waals surface area contributed by atoms with Crippen LogP contribution in [-0.4, -0.2) is 25.3 Å². The van der Waals surface area contributed by atoms with Gasteiger partial charge in [0, 0.05) is 18.6 Å². The number of nitrogens with zero attached hydrogens (tertiary/aromatic N) is 4. The summed E-state index contributed by atoms with van der Waals surface area (Å²) in [6.45, 7) is 4.78. The Morgan fingerprint density at radius 1 is 1.30 bits per heavy atom. The van der Waals surface area contributed by atoms with Crippen LogP contribution < -0.4 is 16.7 Å². The highest BCUT2D eigenvalue weighted by Gasteiger charge is 2.17. The van der Waals surface area contributed by atoms with E-state index in [4.69, 9.17) is 11.6 Å². The molecule has 0 aliphatic carbocycles. The van der Waals surface area contributed by atoms with E-state index < -0.39 is 11.2 Å². The number of aryl methyl sites for hydroxylation is 2. The van der Waals surface area contributed by atoms with Gasteiger partial charge >= 0.3 is 5.69 Å². The van der Waals surface area contributed by atoms with E-state index in [9.17, 15) is 9.59 Å². The first-order valence-electron chi connectivity index (χ1n) is 8.61. The van der Waals surface area contributed by atoms with E-state index in [0.717, 1.165) is 12.0 Å². The third-order valence-electron chi connectivity index (χ3n) is 4.19. The number of fused-ring (bicyclic) bond motifs is 1. The minimum absolute atomic E-state index is 0.316. The summed E-state index contributed by atoms with van der Waals surface area (Å²) in [6.07, 6.45) is 2.48. The second-order valence-corrected chi connectivity index (χ2v) is 7.12. The maximum atomic E-state index is 12.3. The van der Waals surface area contributed by atoms with E-state index in [2.05, 4.69) is 34.3 Å². The summed E-state index contributed by atoms with van der Waals surface area (Å²) in [5.41, 5.74) is 3.45. The van der Waals surface area contributed by atoms with E-state index in [1.165, 1.54) is 4.57 Å². The predicted molar refractivity (Wildman–Crippen MR) is 108 cm³/mol. The van der Waals surface area contributed by atoms with Gasteiger partial charge in [-0.15, -0.1) is 0 Å². The zero-order valence-electron chi connectivity index (χ0n) is 15.4. The number of H-pyrrole nitrogens is 1. The molecule has 0 spiro atoms. The van der Waals surface area contributed by atoms with Gasteiger partial charge in [0.2, 0.25) is 5.95 Å². The molecule has 27 heavy (non-hydrogen) atoms. The monoisotopic (exact) mass is 388 g/mol. The Bertz CT molecular complexity index is 1090. The lowest BCUT2D eigenvalue weighted by atomic mass is 10.1. The van der Waals surface area contributed by atoms with Crippen LogP contribution in [0.1, 0.15) is 25.8 Å². The Morgan fingerprint density at radius 3 is 2.67 bits per heavy atom. The van der Waals surface area contributed by atoms with Crippen LogP contribution in [0.3, 0.4) is 0 Å². The highest BCUT2D eigenvalue weighted by atomic mass is 35.5. The van der Waals surface area contributed by atoms with Crippen LogP contribution in [0.2, 0.25) is 5.02 Å². The first kappa shape index (κ1) is 18.9. The minimum atomic E-state index is -0.503. The van der Waals surface area contributed by atoms with E-state index >= 15 is 0 Å². The van der Waals surface area contributed by atoms with Crippen molar-refractivity contribution in [3.05, 3.63) is 55.7 Å². The molecule has 142 valence electrons. The van der Waals surface area contributed by atoms with Gasteiger partial charge in [-0.05, 0) is 30.0 Å². The lowest BCUT2D eigenvalue weighted by molar-refractivity contribution is 0.524. The summed E-state index contributed by atoms with van der Waals surface area (Å²) in [5, 5.41) is 4.85. The van der Waals surface area contributed by atoms with Crippen molar-refractivity contribution in [3.8, 4) is 0 Å². The number of hydrogen-bond donors (Lipinski definition) is 2. The molecule has 0 saturated heterocycles. The molecule has 2 aromatic heterocycles. The van der Waals surface area contributed by atoms with Crippen molar-refractivity contribution in [2.45, 2.75) is 26.8 Å². The maximum absolute atomic E-state index is 12.3. The van der Waals surface area contributed by atoms with Crippen LogP contribution in [0, 0.1) is 5.92 Å². The molecule has 0 unspecified atom stereocenters. The number of rotatable bonds is 6. The predicted octanol–water partition coefficient (Wildman–Crippen LogP) is 2.57. The zero-order chi connectivity index (χ0) is 19.6. The molecule has 8 nitrogen and oxygen atoms in total. The topological polar surface area (TPSA) is 97.1 Å². The quantitative estimate of drug-likeness (QED) is 0.501. The van der Waals surface area contributed by atoms with Gasteiger partial charge in [0.05, 0.1) is 6.21 Å². The SMILES string of the molecule is CC(C)CCn1c(N/N=C/c2ccc(Cl)cc2)nc2c1c(=O)[nH]c(=O)n2C. The Labute approximate surface area is 160 Å². The van der Waals surface area contributed by atoms with Gasteiger partial charge in [0.25, 0.3) is 5.56 Å². The van der Waals surface area contributed by atoms with Crippen molar-refractivity contribution in [1.82, 2.24) is 19.1 Å². The molecule has 2 N–H and O–H groups in total. The largest absolute Gasteiger partial charge is 0.329 e. The van der Waals surface area contributed by atoms with Gasteiger partial charge in [0.1, 0.15) is 0 Å². The maximum Gasteiger partial charge on any atom is 0.329 e. The molecule has 0 radical (unpaired) electrons. The fourth-order valence-corrected chi connectivity index (χ4v) is 2.76. The second-order valence-electron chi connectivity index (χ2n) is 6.68. The number of anilines is 1. The molecule has 2 heterocycles. The number of benzene rings is 1. The normalized spacial score (nSPS) is 11.7. The van der Waals surface area contributed by atoms with Crippen molar-refractivity contribution in [2.75, 3.05) is 5.43 Å². The molecule has 3 rings (SSSR count). The molecule has 0 amide bonds. The summed E-state index contributed by atoms with van der Waals surface area (Å²) in [6, 6.07) is 7.22. The van der Waals surface area contributed by atoms with Crippen LogP contribution in [0.25, 0.3) is 11.2 Å². The minimum Gasteiger partial charge on any atom is -0.303 e. The highest BCUT2D eigenvalue weighted by molar-refractivity contribution is 6.30. The Kier molecular flexibility index (Phi) is 5.46. The smallest absolute Gasteiger partial charge is 0.303 e. The first-order chi connectivity index (χ1) is 12.9. The number of nitrogens with one attached hydrogen (secondary N) is 2. The van der Waals surface area contributed by atoms with Crippen LogP contribution in [0.15, 0.2) is 39.0 Å². The lowest BCUT2D eigenvalue weighted by Gasteiger charge is -2.09. The lowest BCUT2D eigenvalue weighted by Crippen LogP contribution is -2.29. The number of hydrogen-bond acceptors (Lipinski definition) is 5. The van der Waals surface area contributed by atoms with Gasteiger partial charge in [-0.3, -0.25) is 14.3 Å². The fourth-order valence-electron chi connectivity index (χ4n) is 2.64. The number of hydrazone groups is 1. The molecular weight excluding hydrogens is 368 g/mol. The molecule has 9 heteroatoms. The van der Waals surface area contributed by atoms with Gasteiger partial charge in [-0.25, -0.2) is 10.2 Å². The number of halogens is 1. The Balaban J connectivity index is 2.00. The number of aromatic nitrogens is 4. The van der Waals surface area contributed by atoms with Crippen LogP contribution >= 0.6 is 11.6 Å². The van der Waals surface area contributed by atoms with Gasteiger partial charge in [-0.1, -0.05) is 37.6 Å². The van der Waals surface area contributed by atoms with Crippen LogP contribution in [0.4, 0.5) is 5.95 Å². The molecule has 0 bridgehead atoms. The average Bonchev–Trinajstić information content (AvgIpc) is 2.99. The fraction of sp³-hybridized carbons (Fsp3) is 0.333. The standard InChI is InChI=1S/C18H21ClN6O2/c1-11(2)8-9-25-14-15(24(3)18(27)22-16(14)26)21-17(25)23-20-10-12-4-6-13(19)7-5-12/h4-7,10-11H,8-9H2,1-3H3,(H,21,23)(H,22,26,27)/b20-10+. The van der Waals surface area contributed by atoms with Crippen LogP contribution in [0.5, 0.6) is 0 Å². The van der Waals surface area contributed by atoms with Crippen molar-refractivity contribution < 1.29 is 0 Å². The van der Waals surface area contributed by atoms with E-state index in [1.807, 2.05) is 12.1 Å². The summed E-state index contributed by atoms with van der Waals surface area (Å²) in [7, 11) is 1.57. The Hall–Kier alpha value is -2.87. The average molecular weight is 389 g/mol. The van der Waals surface area contributed by atoms with Crippen molar-refractivity contribution in [2.24, 2.45) is 18.1 Å². The molecule has 0 saturated carbocycles.